The summed E-state index contributed by atoms with van der Waals surface area (Å²) in [6.45, 7) is 21.3. The lowest BCUT2D eigenvalue weighted by molar-refractivity contribution is -0.218. The fraction of sp³-hybridized carbons (Fsp3) is 0.426. The summed E-state index contributed by atoms with van der Waals surface area (Å²) in [4.78, 5) is 62.8. The van der Waals surface area contributed by atoms with E-state index in [1.165, 1.54) is 33.4 Å². The molecule has 42 heteroatoms. The normalized spacial score (nSPS) is 20.3. The molecule has 0 aliphatic carbocycles. The Morgan fingerprint density at radius 3 is 1.13 bits per heavy atom. The Balaban J connectivity index is 0.000000237. The Hall–Kier alpha value is -9.05. The number of aromatic nitrogens is 4. The molecule has 4 aliphatic heterocycles. The molecular weight excluding hydrogens is 2030 g/mol. The molecule has 10 atom stereocenters. The summed E-state index contributed by atoms with van der Waals surface area (Å²) in [6.07, 6.45) is -9.71. The number of benzene rings is 8. The second-order valence-corrected chi connectivity index (χ2v) is 44.3. The second-order valence-electron chi connectivity index (χ2n) is 36.0. The third-order valence-electron chi connectivity index (χ3n) is 24.4. The zero-order valence-electron chi connectivity index (χ0n) is 81.5. The van der Waals surface area contributed by atoms with Crippen LogP contribution in [0.15, 0.2) is 240 Å². The number of fused-ring (bicyclic) bond motifs is 2. The summed E-state index contributed by atoms with van der Waals surface area (Å²) in [7, 11) is -0.371. The summed E-state index contributed by atoms with van der Waals surface area (Å²) in [5.74, 6) is 1.59. The second kappa shape index (κ2) is 48.3. The zero-order valence-corrected chi connectivity index (χ0v) is 87.9. The van der Waals surface area contributed by atoms with Crippen LogP contribution in [0.2, 0.25) is 0 Å². The SMILES string of the molecule is CCC(C)(C)C(=O)SCCOP(=O)(NCc1ccc(C(F)(F)F)cc1)OC[C@H]1O[C@@H](n2ccc(NC(c3ccccc3)(c3ccc(OC)cc3)c3ccc(OC)cc3)nc2=O)[C@@]2(C)OC(C)(C)OC12.CCC(C)(C)C(=O)SCCO[P+](=O)OC[C@H]1O[C@@H](n2ccc(NC(c3ccccc3)(c3ccc(OC)cc3)c3ccc(OC)cc3)nc2=O)[C@@]2(C)OC(C)(C)OC12.ClC(Cl)(Cl)Cl.NCc1ccc(C(F)(F)F)cc1. The van der Waals surface area contributed by atoms with Crippen LogP contribution in [0.1, 0.15) is 164 Å². The number of carbonyl (C=O) groups excluding carboxylic acids is 2. The quantitative estimate of drug-likeness (QED) is 0.00918. The van der Waals surface area contributed by atoms with Gasteiger partial charge in [-0.2, -0.15) is 36.3 Å². The number of ether oxygens (including phenoxy) is 10. The largest absolute Gasteiger partial charge is 0.697 e. The fourth-order valence-electron chi connectivity index (χ4n) is 16.4. The lowest BCUT2D eigenvalue weighted by Gasteiger charge is -2.37. The Kier molecular flexibility index (Phi) is 38.6. The number of nitrogens with two attached hydrogens (primary N) is 1. The van der Waals surface area contributed by atoms with E-state index in [0.717, 1.165) is 87.6 Å². The van der Waals surface area contributed by atoms with Gasteiger partial charge in [0.05, 0.1) is 52.8 Å². The molecule has 4 unspecified atom stereocenters. The van der Waals surface area contributed by atoms with Crippen molar-refractivity contribution >= 4 is 108 Å². The van der Waals surface area contributed by atoms with Gasteiger partial charge in [-0.15, -0.1) is 9.05 Å². The molecule has 772 valence electrons. The van der Waals surface area contributed by atoms with Crippen LogP contribution in [0, 0.1) is 10.8 Å². The zero-order chi connectivity index (χ0) is 105. The van der Waals surface area contributed by atoms with E-state index in [9.17, 15) is 54.7 Å². The van der Waals surface area contributed by atoms with Crippen molar-refractivity contribution in [2.45, 2.75) is 195 Å². The minimum absolute atomic E-state index is 0.0500. The van der Waals surface area contributed by atoms with Gasteiger partial charge in [0, 0.05) is 52.4 Å². The number of anilines is 2. The highest BCUT2D eigenvalue weighted by Gasteiger charge is 2.67. The summed E-state index contributed by atoms with van der Waals surface area (Å²) in [5, 5.41) is 9.99. The van der Waals surface area contributed by atoms with Crippen LogP contribution >= 0.6 is 85.9 Å². The van der Waals surface area contributed by atoms with Crippen molar-refractivity contribution in [1.82, 2.24) is 24.2 Å². The molecule has 143 heavy (non-hydrogen) atoms. The Bertz CT molecular complexity index is 5980. The van der Waals surface area contributed by atoms with E-state index in [4.69, 9.17) is 118 Å². The summed E-state index contributed by atoms with van der Waals surface area (Å²) >= 11 is 21.5. The summed E-state index contributed by atoms with van der Waals surface area (Å²) < 4.78 is 187. The van der Waals surface area contributed by atoms with Gasteiger partial charge >= 0.3 is 39.7 Å². The fourth-order valence-corrected chi connectivity index (χ4v) is 20.3. The molecule has 4 aliphatic rings. The maximum absolute atomic E-state index is 14.5. The van der Waals surface area contributed by atoms with Gasteiger partial charge in [0.1, 0.15) is 94.5 Å². The molecule has 28 nitrogen and oxygen atoms in total. The number of halogens is 10. The van der Waals surface area contributed by atoms with Crippen LogP contribution in [0.3, 0.4) is 0 Å². The number of thioether (sulfide) groups is 2. The molecule has 0 spiro atoms. The smallest absolute Gasteiger partial charge is 0.497 e. The number of hydrogen-bond donors (Lipinski definition) is 4. The molecule has 2 aromatic heterocycles. The molecule has 4 saturated heterocycles. The third kappa shape index (κ3) is 28.9. The molecule has 14 rings (SSSR count). The van der Waals surface area contributed by atoms with Crippen LogP contribution in [0.5, 0.6) is 23.0 Å². The Labute approximate surface area is 856 Å². The monoisotopic (exact) mass is 2140 g/mol. The predicted octanol–water partition coefficient (Wildman–Crippen LogP) is 22.7. The molecule has 0 bridgehead atoms. The van der Waals surface area contributed by atoms with E-state index in [0.29, 0.717) is 52.1 Å². The molecule has 5 N–H and O–H groups in total. The molecule has 4 fully saturated rings. The van der Waals surface area contributed by atoms with Crippen molar-refractivity contribution in [2.75, 3.05) is 77.0 Å². The number of nitrogens with one attached hydrogen (secondary N) is 3. The molecule has 10 aromatic rings. The summed E-state index contributed by atoms with van der Waals surface area (Å²) in [5.41, 5.74) is 3.11. The first kappa shape index (κ1) is 114. The first-order chi connectivity index (χ1) is 67.3. The number of nitrogens with zero attached hydrogens (tertiary/aromatic N) is 4. The predicted molar refractivity (Wildman–Crippen MR) is 539 cm³/mol. The van der Waals surface area contributed by atoms with Crippen LogP contribution in [0.25, 0.3) is 0 Å². The molecule has 0 saturated carbocycles. The third-order valence-corrected chi connectivity index (χ3v) is 29.1. The van der Waals surface area contributed by atoms with Crippen molar-refractivity contribution in [2.24, 2.45) is 16.6 Å². The van der Waals surface area contributed by atoms with Gasteiger partial charge in [-0.3, -0.25) is 27.8 Å². The van der Waals surface area contributed by atoms with Gasteiger partial charge in [0.25, 0.3) is 3.25 Å². The average molecular weight is 2140 g/mol. The van der Waals surface area contributed by atoms with Crippen LogP contribution in [-0.4, -0.2) is 146 Å². The van der Waals surface area contributed by atoms with E-state index in [1.807, 2.05) is 206 Å². The van der Waals surface area contributed by atoms with Crippen molar-refractivity contribution in [3.63, 3.8) is 0 Å². The van der Waals surface area contributed by atoms with E-state index >= 15 is 0 Å². The maximum atomic E-state index is 14.5. The van der Waals surface area contributed by atoms with Crippen molar-refractivity contribution in [3.8, 4) is 23.0 Å². The summed E-state index contributed by atoms with van der Waals surface area (Å²) in [6, 6.07) is 62.9. The maximum Gasteiger partial charge on any atom is 0.697 e. The molecular formula is C101H117Cl4F6N8O20P2S2+. The molecule has 0 radical (unpaired) electrons. The number of hydrogen-bond acceptors (Lipinski definition) is 27. The Morgan fingerprint density at radius 1 is 0.476 bits per heavy atom. The molecule has 0 amide bonds. The van der Waals surface area contributed by atoms with Crippen LogP contribution in [-0.2, 0) is 102 Å². The first-order valence-electron chi connectivity index (χ1n) is 45.4. The Morgan fingerprint density at radius 2 is 0.804 bits per heavy atom. The number of carbonyl (C=O) groups is 2. The van der Waals surface area contributed by atoms with Gasteiger partial charge in [0.2, 0.25) is 0 Å². The number of rotatable bonds is 38. The van der Waals surface area contributed by atoms with Crippen molar-refractivity contribution in [3.05, 3.63) is 307 Å². The van der Waals surface area contributed by atoms with Gasteiger partial charge < -0.3 is 63.7 Å². The molecule has 6 heterocycles. The van der Waals surface area contributed by atoms with Crippen molar-refractivity contribution < 1.29 is 111 Å². The van der Waals surface area contributed by atoms with E-state index in [-0.39, 0.29) is 54.7 Å². The van der Waals surface area contributed by atoms with Gasteiger partial charge in [-0.25, -0.2) is 19.2 Å². The standard InChI is InChI=1S/C50H58F3N4O10PS.C42H50N3O10PS.C8H8F3N.CCl4/c1-9-46(2,3)44(58)69-30-29-63-68(60,54-31-33-15-17-37(18-16-33)50(51,52)53)64-32-40-42-48(6,67-47(4,5)66-42)43(65-40)57-28-27-41(55-45(57)59)56-49(34-13-11-10-12-14-34,35-19-23-38(61-7)24-20-35)36-21-25-39(62-8)26-22-36;1-9-39(2,3)37(46)57-26-25-51-56(48)52-27-33-35-41(6,55-40(4,5)54-35)36(53-33)45-24-23-34(43-38(45)47)44-42(28-13-11-10-12-14-28,29-15-19-31(49-7)20-16-29)30-17-21-32(50-8)22-18-30;9-8(10,11)7-3-1-6(5-12)2-4-7;2-1(3,4)5/h10-28,40,42-43H,9,29-32H2,1-8H3,(H,54,60)(H,55,56,59);10-24,33,35-36H,9,25-27H2,1-8H3;1-4H,5,12H2;/p+1/t40-,42?,43-,48+,68?;33-,35?,36-,41+;;/m11../s1. The van der Waals surface area contributed by atoms with E-state index < -0.39 is 142 Å². The van der Waals surface area contributed by atoms with E-state index in [1.54, 1.807) is 87.6 Å². The number of alkyl halides is 10. The minimum Gasteiger partial charge on any atom is -0.497 e. The highest BCUT2D eigenvalue weighted by Crippen LogP contribution is 2.55. The highest BCUT2D eigenvalue weighted by atomic mass is 35.6. The van der Waals surface area contributed by atoms with Gasteiger partial charge in [-0.1, -0.05) is 245 Å². The van der Waals surface area contributed by atoms with Crippen LogP contribution < -0.4 is 51.8 Å². The van der Waals surface area contributed by atoms with Crippen molar-refractivity contribution in [1.29, 1.82) is 0 Å². The lowest BCUT2D eigenvalue weighted by Crippen LogP contribution is -2.45. The van der Waals surface area contributed by atoms with Crippen LogP contribution in [0.4, 0.5) is 38.0 Å². The number of methoxy groups -OCH3 is 4. The van der Waals surface area contributed by atoms with Gasteiger partial charge in [0.15, 0.2) is 34.3 Å². The first-order valence-corrected chi connectivity index (χ1v) is 51.5. The average Bonchev–Trinajstić information content (AvgIpc) is 1.33. The lowest BCUT2D eigenvalue weighted by atomic mass is 9.77. The highest BCUT2D eigenvalue weighted by molar-refractivity contribution is 8.14. The molecule has 8 aromatic carbocycles. The van der Waals surface area contributed by atoms with Gasteiger partial charge in [-0.05, 0) is 184 Å². The topological polar surface area (TPSA) is 329 Å². The minimum atomic E-state index is -4.53. The van der Waals surface area contributed by atoms with E-state index in [2.05, 4.69) is 25.7 Å².